The SMILES string of the molecule is Cc1cnnnc1C1CCCCC1. The molecule has 0 atom stereocenters. The van der Waals surface area contributed by atoms with Crippen molar-refractivity contribution in [1.82, 2.24) is 15.4 Å². The number of hydrogen-bond donors (Lipinski definition) is 0. The molecule has 2 rings (SSSR count). The zero-order valence-electron chi connectivity index (χ0n) is 8.03. The summed E-state index contributed by atoms with van der Waals surface area (Å²) in [7, 11) is 0. The number of nitrogens with zero attached hydrogens (tertiary/aromatic N) is 3. The van der Waals surface area contributed by atoms with Gasteiger partial charge in [-0.2, -0.15) is 0 Å². The third kappa shape index (κ3) is 1.85. The van der Waals surface area contributed by atoms with E-state index in [2.05, 4.69) is 22.3 Å². The predicted octanol–water partition coefficient (Wildman–Crippen LogP) is 2.23. The Labute approximate surface area is 78.6 Å². The zero-order valence-corrected chi connectivity index (χ0v) is 8.03. The number of aromatic nitrogens is 3. The van der Waals surface area contributed by atoms with Gasteiger partial charge in [-0.15, -0.1) is 10.2 Å². The number of aryl methyl sites for hydroxylation is 1. The average Bonchev–Trinajstić information content (AvgIpc) is 2.20. The molecule has 3 nitrogen and oxygen atoms in total. The molecular weight excluding hydrogens is 162 g/mol. The Bertz CT molecular complexity index is 279. The van der Waals surface area contributed by atoms with E-state index >= 15 is 0 Å². The minimum absolute atomic E-state index is 0.643. The molecule has 1 saturated carbocycles. The summed E-state index contributed by atoms with van der Waals surface area (Å²) in [6, 6.07) is 0. The third-order valence-corrected chi connectivity index (χ3v) is 2.85. The van der Waals surface area contributed by atoms with Gasteiger partial charge in [0.25, 0.3) is 0 Å². The molecule has 1 aliphatic carbocycles. The first-order valence-electron chi connectivity index (χ1n) is 5.03. The summed E-state index contributed by atoms with van der Waals surface area (Å²) in [4.78, 5) is 0. The van der Waals surface area contributed by atoms with E-state index in [1.165, 1.54) is 43.4 Å². The van der Waals surface area contributed by atoms with E-state index in [0.717, 1.165) is 0 Å². The van der Waals surface area contributed by atoms with Crippen molar-refractivity contribution in [3.05, 3.63) is 17.5 Å². The predicted molar refractivity (Wildman–Crippen MR) is 50.4 cm³/mol. The summed E-state index contributed by atoms with van der Waals surface area (Å²) in [5, 5.41) is 11.6. The summed E-state index contributed by atoms with van der Waals surface area (Å²) in [5.74, 6) is 0.643. The first-order valence-corrected chi connectivity index (χ1v) is 5.03. The van der Waals surface area contributed by atoms with Gasteiger partial charge in [0, 0.05) is 5.92 Å². The summed E-state index contributed by atoms with van der Waals surface area (Å²) in [6.45, 7) is 2.08. The van der Waals surface area contributed by atoms with Gasteiger partial charge in [-0.1, -0.05) is 19.3 Å². The minimum Gasteiger partial charge on any atom is -0.138 e. The Morgan fingerprint density at radius 1 is 1.23 bits per heavy atom. The van der Waals surface area contributed by atoms with Crippen LogP contribution in [0.5, 0.6) is 0 Å². The van der Waals surface area contributed by atoms with Crippen LogP contribution in [0.2, 0.25) is 0 Å². The number of hydrogen-bond acceptors (Lipinski definition) is 3. The van der Waals surface area contributed by atoms with Gasteiger partial charge in [-0.3, -0.25) is 0 Å². The van der Waals surface area contributed by atoms with Crippen LogP contribution in [0.4, 0.5) is 0 Å². The summed E-state index contributed by atoms with van der Waals surface area (Å²) in [6.07, 6.45) is 8.44. The van der Waals surface area contributed by atoms with Gasteiger partial charge in [-0.05, 0) is 30.5 Å². The monoisotopic (exact) mass is 177 g/mol. The van der Waals surface area contributed by atoms with Crippen molar-refractivity contribution >= 4 is 0 Å². The van der Waals surface area contributed by atoms with E-state index in [0.29, 0.717) is 5.92 Å². The largest absolute Gasteiger partial charge is 0.138 e. The van der Waals surface area contributed by atoms with Crippen LogP contribution in [-0.2, 0) is 0 Å². The lowest BCUT2D eigenvalue weighted by Crippen LogP contribution is -2.09. The van der Waals surface area contributed by atoms with Crippen molar-refractivity contribution in [3.8, 4) is 0 Å². The fourth-order valence-corrected chi connectivity index (χ4v) is 2.11. The molecule has 0 amide bonds. The molecule has 0 radical (unpaired) electrons. The van der Waals surface area contributed by atoms with E-state index in [-0.39, 0.29) is 0 Å². The lowest BCUT2D eigenvalue weighted by Gasteiger charge is -2.21. The van der Waals surface area contributed by atoms with Crippen LogP contribution in [0.3, 0.4) is 0 Å². The molecule has 0 saturated heterocycles. The van der Waals surface area contributed by atoms with Crippen molar-refractivity contribution in [1.29, 1.82) is 0 Å². The van der Waals surface area contributed by atoms with Crippen LogP contribution in [0.1, 0.15) is 49.3 Å². The first kappa shape index (κ1) is 8.60. The lowest BCUT2D eigenvalue weighted by atomic mass is 9.86. The molecule has 1 aliphatic rings. The maximum Gasteiger partial charge on any atom is 0.0724 e. The first-order chi connectivity index (χ1) is 6.38. The van der Waals surface area contributed by atoms with Crippen LogP contribution in [0.25, 0.3) is 0 Å². The molecule has 3 heteroatoms. The highest BCUT2D eigenvalue weighted by atomic mass is 15.3. The average molecular weight is 177 g/mol. The van der Waals surface area contributed by atoms with Gasteiger partial charge in [-0.25, -0.2) is 0 Å². The minimum atomic E-state index is 0.643. The fraction of sp³-hybridized carbons (Fsp3) is 0.700. The Morgan fingerprint density at radius 2 is 2.00 bits per heavy atom. The smallest absolute Gasteiger partial charge is 0.0724 e. The molecule has 0 aromatic carbocycles. The van der Waals surface area contributed by atoms with E-state index in [1.807, 2.05) is 6.20 Å². The van der Waals surface area contributed by atoms with Crippen LogP contribution in [0, 0.1) is 6.92 Å². The maximum absolute atomic E-state index is 4.14. The normalized spacial score (nSPS) is 18.8. The van der Waals surface area contributed by atoms with Crippen molar-refractivity contribution < 1.29 is 0 Å². The molecule has 13 heavy (non-hydrogen) atoms. The molecule has 1 fully saturated rings. The van der Waals surface area contributed by atoms with Crippen molar-refractivity contribution in [2.45, 2.75) is 44.9 Å². The van der Waals surface area contributed by atoms with Crippen LogP contribution in [0.15, 0.2) is 6.20 Å². The molecule has 0 bridgehead atoms. The van der Waals surface area contributed by atoms with Crippen molar-refractivity contribution in [2.75, 3.05) is 0 Å². The molecule has 0 unspecified atom stereocenters. The Kier molecular flexibility index (Phi) is 2.52. The lowest BCUT2D eigenvalue weighted by molar-refractivity contribution is 0.430. The van der Waals surface area contributed by atoms with E-state index in [1.54, 1.807) is 0 Å². The Hall–Kier alpha value is -0.990. The van der Waals surface area contributed by atoms with Gasteiger partial charge in [0.1, 0.15) is 0 Å². The quantitative estimate of drug-likeness (QED) is 0.660. The molecule has 0 spiro atoms. The van der Waals surface area contributed by atoms with E-state index < -0.39 is 0 Å². The van der Waals surface area contributed by atoms with Gasteiger partial charge < -0.3 is 0 Å². The molecular formula is C10H15N3. The second-order valence-electron chi connectivity index (χ2n) is 3.84. The summed E-state index contributed by atoms with van der Waals surface area (Å²) < 4.78 is 0. The maximum atomic E-state index is 4.14. The van der Waals surface area contributed by atoms with Crippen LogP contribution < -0.4 is 0 Å². The molecule has 0 N–H and O–H groups in total. The van der Waals surface area contributed by atoms with Crippen molar-refractivity contribution in [3.63, 3.8) is 0 Å². The third-order valence-electron chi connectivity index (χ3n) is 2.85. The topological polar surface area (TPSA) is 38.7 Å². The molecule has 1 aromatic rings. The second-order valence-corrected chi connectivity index (χ2v) is 3.84. The fourth-order valence-electron chi connectivity index (χ4n) is 2.11. The van der Waals surface area contributed by atoms with Crippen LogP contribution >= 0.6 is 0 Å². The summed E-state index contributed by atoms with van der Waals surface area (Å²) >= 11 is 0. The number of rotatable bonds is 1. The Balaban J connectivity index is 2.18. The molecule has 1 aromatic heterocycles. The van der Waals surface area contributed by atoms with Gasteiger partial charge in [0.05, 0.1) is 11.9 Å². The van der Waals surface area contributed by atoms with Gasteiger partial charge >= 0.3 is 0 Å². The standard InChI is InChI=1S/C10H15N3/c1-8-7-11-13-12-10(8)9-5-3-2-4-6-9/h7,9H,2-6H2,1H3. The van der Waals surface area contributed by atoms with Crippen molar-refractivity contribution in [2.24, 2.45) is 0 Å². The highest BCUT2D eigenvalue weighted by Crippen LogP contribution is 2.32. The van der Waals surface area contributed by atoms with Crippen LogP contribution in [-0.4, -0.2) is 15.4 Å². The highest BCUT2D eigenvalue weighted by Gasteiger charge is 2.18. The van der Waals surface area contributed by atoms with E-state index in [9.17, 15) is 0 Å². The zero-order chi connectivity index (χ0) is 9.10. The van der Waals surface area contributed by atoms with Gasteiger partial charge in [0.2, 0.25) is 0 Å². The molecule has 0 aliphatic heterocycles. The Morgan fingerprint density at radius 3 is 2.69 bits per heavy atom. The second kappa shape index (κ2) is 3.81. The highest BCUT2D eigenvalue weighted by molar-refractivity contribution is 5.17. The molecule has 70 valence electrons. The summed E-state index contributed by atoms with van der Waals surface area (Å²) in [5.41, 5.74) is 2.37. The van der Waals surface area contributed by atoms with Gasteiger partial charge in [0.15, 0.2) is 0 Å². The van der Waals surface area contributed by atoms with E-state index in [4.69, 9.17) is 0 Å². The molecule has 1 heterocycles.